The molecule has 0 saturated carbocycles. The number of nitrogens with zero attached hydrogens (tertiary/aromatic N) is 1. The molecule has 0 radical (unpaired) electrons. The molecule has 1 saturated heterocycles. The Morgan fingerprint density at radius 2 is 2.15 bits per heavy atom. The average Bonchev–Trinajstić information content (AvgIpc) is 2.51. The van der Waals surface area contributed by atoms with Crippen molar-refractivity contribution in [1.82, 2.24) is 10.4 Å². The van der Waals surface area contributed by atoms with E-state index in [0.717, 1.165) is 24.4 Å². The third-order valence-corrected chi connectivity index (χ3v) is 2.20. The highest BCUT2D eigenvalue weighted by Gasteiger charge is 2.32. The smallest absolute Gasteiger partial charge is 0.263 e. The maximum atomic E-state index is 11.6. The van der Waals surface area contributed by atoms with Crippen LogP contribution in [-0.2, 0) is 4.79 Å². The number of nitrogens with one attached hydrogen (secondary N) is 1. The van der Waals surface area contributed by atoms with Gasteiger partial charge in [0.2, 0.25) is 0 Å². The van der Waals surface area contributed by atoms with E-state index in [-0.39, 0.29) is 11.9 Å². The van der Waals surface area contributed by atoms with Gasteiger partial charge in [0.15, 0.2) is 0 Å². The van der Waals surface area contributed by atoms with E-state index in [1.807, 2.05) is 0 Å². The Morgan fingerprint density at radius 1 is 1.54 bits per heavy atom. The zero-order valence-corrected chi connectivity index (χ0v) is 8.50. The fraction of sp³-hybridized carbons (Fsp3) is 0.889. The number of carbonyl (C=O) groups is 1. The van der Waals surface area contributed by atoms with E-state index in [9.17, 15) is 10.0 Å². The number of rotatable bonds is 1. The summed E-state index contributed by atoms with van der Waals surface area (Å²) in [5.41, 5.74) is -0.513. The number of hydrogen-bond donors (Lipinski definition) is 2. The van der Waals surface area contributed by atoms with Gasteiger partial charge in [0, 0.05) is 0 Å². The second-order valence-corrected chi connectivity index (χ2v) is 4.47. The van der Waals surface area contributed by atoms with Crippen LogP contribution in [0, 0.1) is 0 Å². The summed E-state index contributed by atoms with van der Waals surface area (Å²) in [6, 6.07) is -0.191. The molecule has 1 heterocycles. The lowest BCUT2D eigenvalue weighted by Gasteiger charge is -2.31. The predicted octanol–water partition coefficient (Wildman–Crippen LogP) is 0.755. The summed E-state index contributed by atoms with van der Waals surface area (Å²) >= 11 is 0. The van der Waals surface area contributed by atoms with Crippen LogP contribution in [0.15, 0.2) is 0 Å². The van der Waals surface area contributed by atoms with E-state index in [1.54, 1.807) is 20.8 Å². The van der Waals surface area contributed by atoms with Gasteiger partial charge in [0.25, 0.3) is 5.91 Å². The summed E-state index contributed by atoms with van der Waals surface area (Å²) in [7, 11) is 0. The van der Waals surface area contributed by atoms with E-state index < -0.39 is 5.54 Å². The first-order chi connectivity index (χ1) is 5.93. The number of amides is 1. The second kappa shape index (κ2) is 3.64. The molecule has 1 atom stereocenters. The van der Waals surface area contributed by atoms with Crippen molar-refractivity contribution >= 4 is 5.91 Å². The van der Waals surface area contributed by atoms with Crippen LogP contribution in [-0.4, -0.2) is 34.3 Å². The van der Waals surface area contributed by atoms with Crippen LogP contribution in [0.3, 0.4) is 0 Å². The van der Waals surface area contributed by atoms with Crippen molar-refractivity contribution in [3.8, 4) is 0 Å². The molecule has 0 bridgehead atoms. The summed E-state index contributed by atoms with van der Waals surface area (Å²) in [5.74, 6) is -0.218. The third kappa shape index (κ3) is 2.42. The van der Waals surface area contributed by atoms with Gasteiger partial charge in [0.1, 0.15) is 0 Å². The Kier molecular flexibility index (Phi) is 2.93. The first kappa shape index (κ1) is 10.5. The highest BCUT2D eigenvalue weighted by molar-refractivity contribution is 5.81. The topological polar surface area (TPSA) is 52.6 Å². The van der Waals surface area contributed by atoms with Gasteiger partial charge >= 0.3 is 0 Å². The van der Waals surface area contributed by atoms with Crippen molar-refractivity contribution in [2.45, 2.75) is 45.2 Å². The van der Waals surface area contributed by atoms with E-state index >= 15 is 0 Å². The Balaban J connectivity index is 2.56. The predicted molar refractivity (Wildman–Crippen MR) is 49.4 cm³/mol. The fourth-order valence-corrected chi connectivity index (χ4v) is 1.37. The van der Waals surface area contributed by atoms with Crippen molar-refractivity contribution in [3.05, 3.63) is 0 Å². The third-order valence-electron chi connectivity index (χ3n) is 2.20. The Bertz CT molecular complexity index is 192. The molecule has 0 unspecified atom stereocenters. The zero-order valence-electron chi connectivity index (χ0n) is 8.50. The minimum atomic E-state index is -0.513. The molecule has 2 N–H and O–H groups in total. The number of hydroxylamine groups is 2. The van der Waals surface area contributed by atoms with Crippen LogP contribution in [0.4, 0.5) is 0 Å². The van der Waals surface area contributed by atoms with Crippen molar-refractivity contribution in [2.75, 3.05) is 6.54 Å². The standard InChI is InChI=1S/C9H18N2O2/c1-9(2,3)11(13)8(12)7-5-4-6-10-7/h7,10,13H,4-6H2,1-3H3/t7-/m0/s1. The first-order valence-corrected chi connectivity index (χ1v) is 4.69. The summed E-state index contributed by atoms with van der Waals surface area (Å²) < 4.78 is 0. The zero-order chi connectivity index (χ0) is 10.1. The maximum Gasteiger partial charge on any atom is 0.263 e. The minimum absolute atomic E-state index is 0.191. The van der Waals surface area contributed by atoms with Gasteiger partial charge in [-0.3, -0.25) is 10.0 Å². The van der Waals surface area contributed by atoms with E-state index in [1.165, 1.54) is 0 Å². The molecule has 0 aromatic heterocycles. The normalized spacial score (nSPS) is 23.2. The second-order valence-electron chi connectivity index (χ2n) is 4.47. The molecule has 1 amide bonds. The first-order valence-electron chi connectivity index (χ1n) is 4.69. The van der Waals surface area contributed by atoms with Gasteiger partial charge in [-0.25, -0.2) is 5.06 Å². The van der Waals surface area contributed by atoms with E-state index in [2.05, 4.69) is 5.32 Å². The van der Waals surface area contributed by atoms with Gasteiger partial charge in [0.05, 0.1) is 11.6 Å². The van der Waals surface area contributed by atoms with Crippen molar-refractivity contribution < 1.29 is 10.0 Å². The molecule has 4 nitrogen and oxygen atoms in total. The fourth-order valence-electron chi connectivity index (χ4n) is 1.37. The highest BCUT2D eigenvalue weighted by Crippen LogP contribution is 2.15. The van der Waals surface area contributed by atoms with Gasteiger partial charge in [-0.2, -0.15) is 0 Å². The molecule has 13 heavy (non-hydrogen) atoms. The van der Waals surface area contributed by atoms with E-state index in [0.29, 0.717) is 0 Å². The quantitative estimate of drug-likeness (QED) is 0.469. The van der Waals surface area contributed by atoms with Gasteiger partial charge in [-0.1, -0.05) is 0 Å². The van der Waals surface area contributed by atoms with Gasteiger partial charge in [-0.05, 0) is 40.2 Å². The SMILES string of the molecule is CC(C)(C)N(O)C(=O)[C@@H]1CCCN1. The molecule has 0 aliphatic carbocycles. The molecule has 4 heteroatoms. The van der Waals surface area contributed by atoms with Crippen LogP contribution in [0.5, 0.6) is 0 Å². The van der Waals surface area contributed by atoms with Crippen LogP contribution in [0.2, 0.25) is 0 Å². The minimum Gasteiger partial charge on any atom is -0.306 e. The lowest BCUT2D eigenvalue weighted by molar-refractivity contribution is -0.188. The molecular formula is C9H18N2O2. The number of hydrogen-bond acceptors (Lipinski definition) is 3. The molecular weight excluding hydrogens is 168 g/mol. The molecule has 1 fully saturated rings. The van der Waals surface area contributed by atoms with E-state index in [4.69, 9.17) is 0 Å². The molecule has 0 aromatic carbocycles. The molecule has 1 rings (SSSR count). The molecule has 1 aliphatic heterocycles. The van der Waals surface area contributed by atoms with Crippen LogP contribution in [0.25, 0.3) is 0 Å². The monoisotopic (exact) mass is 186 g/mol. The Labute approximate surface area is 78.9 Å². The van der Waals surface area contributed by atoms with Crippen LogP contribution >= 0.6 is 0 Å². The summed E-state index contributed by atoms with van der Waals surface area (Å²) in [6.07, 6.45) is 1.83. The van der Waals surface area contributed by atoms with Crippen molar-refractivity contribution in [2.24, 2.45) is 0 Å². The Hall–Kier alpha value is -0.610. The number of carbonyl (C=O) groups excluding carboxylic acids is 1. The van der Waals surface area contributed by atoms with Crippen molar-refractivity contribution in [3.63, 3.8) is 0 Å². The Morgan fingerprint density at radius 3 is 2.54 bits per heavy atom. The molecule has 0 aromatic rings. The largest absolute Gasteiger partial charge is 0.306 e. The van der Waals surface area contributed by atoms with Gasteiger partial charge < -0.3 is 5.32 Å². The van der Waals surface area contributed by atoms with Gasteiger partial charge in [-0.15, -0.1) is 0 Å². The summed E-state index contributed by atoms with van der Waals surface area (Å²) in [6.45, 7) is 6.29. The van der Waals surface area contributed by atoms with Crippen molar-refractivity contribution in [1.29, 1.82) is 0 Å². The lowest BCUT2D eigenvalue weighted by Crippen LogP contribution is -2.50. The lowest BCUT2D eigenvalue weighted by atomic mass is 10.1. The van der Waals surface area contributed by atoms with Crippen LogP contribution < -0.4 is 5.32 Å². The maximum absolute atomic E-state index is 11.6. The summed E-state index contributed by atoms with van der Waals surface area (Å²) in [5, 5.41) is 13.4. The van der Waals surface area contributed by atoms with Crippen LogP contribution in [0.1, 0.15) is 33.6 Å². The summed E-state index contributed by atoms with van der Waals surface area (Å²) in [4.78, 5) is 11.6. The molecule has 76 valence electrons. The molecule has 1 aliphatic rings. The molecule has 0 spiro atoms. The average molecular weight is 186 g/mol. The highest BCUT2D eigenvalue weighted by atomic mass is 16.5.